The molecule has 2 rings (SSSR count). The average molecular weight is 334 g/mol. The van der Waals surface area contributed by atoms with Gasteiger partial charge in [0.05, 0.1) is 12.7 Å². The summed E-state index contributed by atoms with van der Waals surface area (Å²) in [4.78, 5) is 26.2. The van der Waals surface area contributed by atoms with Crippen LogP contribution in [0.15, 0.2) is 0 Å². The number of morpholine rings is 1. The molecule has 2 aliphatic heterocycles. The van der Waals surface area contributed by atoms with Crippen molar-refractivity contribution in [1.82, 2.24) is 15.5 Å². The topological polar surface area (TPSA) is 70.7 Å². The number of likely N-dealkylation sites (tertiary alicyclic amines) is 1. The Bertz CT molecular complexity index is 381. The molecule has 3 atom stereocenters. The first kappa shape index (κ1) is 19.2. The molecule has 2 fully saturated rings. The van der Waals surface area contributed by atoms with E-state index in [1.807, 2.05) is 18.7 Å². The first-order chi connectivity index (χ1) is 10.1. The first-order valence-corrected chi connectivity index (χ1v) is 8.05. The van der Waals surface area contributed by atoms with Gasteiger partial charge in [-0.3, -0.25) is 9.59 Å². The van der Waals surface area contributed by atoms with Gasteiger partial charge in [0.15, 0.2) is 0 Å². The number of nitrogens with zero attached hydrogens (tertiary/aromatic N) is 1. The lowest BCUT2D eigenvalue weighted by Crippen LogP contribution is -2.59. The van der Waals surface area contributed by atoms with Crippen molar-refractivity contribution >= 4 is 24.2 Å². The molecule has 2 heterocycles. The molecule has 22 heavy (non-hydrogen) atoms. The lowest BCUT2D eigenvalue weighted by Gasteiger charge is -2.38. The number of hydrogen-bond acceptors (Lipinski definition) is 4. The molecule has 0 bridgehead atoms. The smallest absolute Gasteiger partial charge is 0.242 e. The van der Waals surface area contributed by atoms with Crippen LogP contribution in [0.25, 0.3) is 0 Å². The molecule has 2 N–H and O–H groups in total. The Labute approximate surface area is 138 Å². The van der Waals surface area contributed by atoms with Crippen LogP contribution in [0.2, 0.25) is 0 Å². The Morgan fingerprint density at radius 1 is 1.41 bits per heavy atom. The number of nitrogens with one attached hydrogen (secondary N) is 2. The molecule has 2 aliphatic rings. The number of amides is 2. The van der Waals surface area contributed by atoms with Crippen LogP contribution in [0, 0.1) is 0 Å². The summed E-state index contributed by atoms with van der Waals surface area (Å²) in [6.45, 7) is 6.67. The van der Waals surface area contributed by atoms with Crippen LogP contribution >= 0.6 is 12.4 Å². The zero-order valence-electron chi connectivity index (χ0n) is 13.5. The van der Waals surface area contributed by atoms with Crippen molar-refractivity contribution in [2.45, 2.75) is 57.7 Å². The number of carbonyl (C=O) groups is 2. The van der Waals surface area contributed by atoms with Crippen molar-refractivity contribution < 1.29 is 14.3 Å². The molecule has 0 aromatic carbocycles. The molecule has 2 amide bonds. The monoisotopic (exact) mass is 333 g/mol. The minimum atomic E-state index is -0.260. The summed E-state index contributed by atoms with van der Waals surface area (Å²) < 4.78 is 5.55. The molecular weight excluding hydrogens is 306 g/mol. The summed E-state index contributed by atoms with van der Waals surface area (Å²) in [5, 5.41) is 6.27. The van der Waals surface area contributed by atoms with Crippen LogP contribution in [0.3, 0.4) is 0 Å². The Morgan fingerprint density at radius 2 is 2.18 bits per heavy atom. The molecule has 7 heteroatoms. The van der Waals surface area contributed by atoms with Crippen molar-refractivity contribution in [3.05, 3.63) is 0 Å². The molecule has 0 saturated carbocycles. The van der Waals surface area contributed by atoms with Gasteiger partial charge in [-0.2, -0.15) is 0 Å². The Balaban J connectivity index is 0.00000242. The third-order valence-electron chi connectivity index (χ3n) is 4.16. The second-order valence-corrected chi connectivity index (χ2v) is 5.95. The lowest BCUT2D eigenvalue weighted by molar-refractivity contribution is -0.141. The van der Waals surface area contributed by atoms with Gasteiger partial charge in [-0.15, -0.1) is 12.4 Å². The summed E-state index contributed by atoms with van der Waals surface area (Å²) in [7, 11) is 0. The highest BCUT2D eigenvalue weighted by Gasteiger charge is 2.34. The zero-order chi connectivity index (χ0) is 15.2. The maximum Gasteiger partial charge on any atom is 0.242 e. The normalized spacial score (nSPS) is 28.6. The summed E-state index contributed by atoms with van der Waals surface area (Å²) >= 11 is 0. The largest absolute Gasteiger partial charge is 0.375 e. The van der Waals surface area contributed by atoms with Gasteiger partial charge >= 0.3 is 0 Å². The first-order valence-electron chi connectivity index (χ1n) is 8.05. The summed E-state index contributed by atoms with van der Waals surface area (Å²) in [5.74, 6) is 0.181. The number of halogens is 1. The van der Waals surface area contributed by atoms with Crippen LogP contribution < -0.4 is 10.6 Å². The van der Waals surface area contributed by atoms with Crippen molar-refractivity contribution in [2.75, 3.05) is 26.2 Å². The number of piperidine rings is 1. The van der Waals surface area contributed by atoms with E-state index in [9.17, 15) is 9.59 Å². The number of ether oxygens (including phenoxy) is 1. The highest BCUT2D eigenvalue weighted by Crippen LogP contribution is 2.14. The van der Waals surface area contributed by atoms with Crippen LogP contribution in [-0.2, 0) is 14.3 Å². The molecule has 0 aromatic rings. The molecule has 0 radical (unpaired) electrons. The van der Waals surface area contributed by atoms with E-state index in [1.165, 1.54) is 0 Å². The molecular formula is C15H28ClN3O3. The van der Waals surface area contributed by atoms with E-state index in [4.69, 9.17) is 4.74 Å². The average Bonchev–Trinajstić information content (AvgIpc) is 2.47. The van der Waals surface area contributed by atoms with Gasteiger partial charge in [0, 0.05) is 32.1 Å². The van der Waals surface area contributed by atoms with E-state index in [2.05, 4.69) is 10.6 Å². The minimum absolute atomic E-state index is 0. The van der Waals surface area contributed by atoms with Crippen LogP contribution in [-0.4, -0.2) is 61.1 Å². The van der Waals surface area contributed by atoms with E-state index in [1.54, 1.807) is 0 Å². The highest BCUT2D eigenvalue weighted by atomic mass is 35.5. The molecule has 2 saturated heterocycles. The SMILES string of the molecule is CCCC(=O)NC1CCCN(C(=O)[C@H]2NCCO[C@@H]2C)C1.Cl. The third kappa shape index (κ3) is 5.11. The van der Waals surface area contributed by atoms with Crippen molar-refractivity contribution in [3.8, 4) is 0 Å². The van der Waals surface area contributed by atoms with Crippen LogP contribution in [0.4, 0.5) is 0 Å². The Morgan fingerprint density at radius 3 is 2.86 bits per heavy atom. The predicted molar refractivity (Wildman–Crippen MR) is 87.1 cm³/mol. The van der Waals surface area contributed by atoms with E-state index < -0.39 is 0 Å². The van der Waals surface area contributed by atoms with Crippen LogP contribution in [0.1, 0.15) is 39.5 Å². The molecule has 6 nitrogen and oxygen atoms in total. The van der Waals surface area contributed by atoms with Gasteiger partial charge in [-0.25, -0.2) is 0 Å². The maximum absolute atomic E-state index is 12.6. The van der Waals surface area contributed by atoms with Gasteiger partial charge in [0.2, 0.25) is 11.8 Å². The van der Waals surface area contributed by atoms with E-state index >= 15 is 0 Å². The number of rotatable bonds is 4. The highest BCUT2D eigenvalue weighted by molar-refractivity contribution is 5.85. The Hall–Kier alpha value is -0.850. The van der Waals surface area contributed by atoms with Gasteiger partial charge in [-0.1, -0.05) is 6.92 Å². The maximum atomic E-state index is 12.6. The van der Waals surface area contributed by atoms with Crippen molar-refractivity contribution in [2.24, 2.45) is 0 Å². The minimum Gasteiger partial charge on any atom is -0.375 e. The Kier molecular flexibility index (Phi) is 8.14. The quantitative estimate of drug-likeness (QED) is 0.794. The molecule has 128 valence electrons. The standard InChI is InChI=1S/C15H27N3O3.ClH/c1-3-5-13(19)17-12-6-4-8-18(10-12)15(20)14-11(2)21-9-7-16-14;/h11-12,14,16H,3-10H2,1-2H3,(H,17,19);1H/t11-,12?,14+;/m1./s1. The predicted octanol–water partition coefficient (Wildman–Crippen LogP) is 0.692. The fourth-order valence-corrected chi connectivity index (χ4v) is 3.03. The summed E-state index contributed by atoms with van der Waals surface area (Å²) in [6.07, 6.45) is 3.19. The van der Waals surface area contributed by atoms with Crippen molar-refractivity contribution in [3.63, 3.8) is 0 Å². The van der Waals surface area contributed by atoms with E-state index in [0.717, 1.165) is 25.8 Å². The zero-order valence-corrected chi connectivity index (χ0v) is 14.3. The van der Waals surface area contributed by atoms with E-state index in [0.29, 0.717) is 26.1 Å². The molecule has 0 aromatic heterocycles. The third-order valence-corrected chi connectivity index (χ3v) is 4.16. The summed E-state index contributed by atoms with van der Waals surface area (Å²) in [6, 6.07) is -0.176. The molecule has 0 spiro atoms. The number of hydrogen-bond donors (Lipinski definition) is 2. The van der Waals surface area contributed by atoms with Gasteiger partial charge < -0.3 is 20.3 Å². The molecule has 0 aliphatic carbocycles. The number of carbonyl (C=O) groups excluding carboxylic acids is 2. The second-order valence-electron chi connectivity index (χ2n) is 5.95. The van der Waals surface area contributed by atoms with Gasteiger partial charge in [0.25, 0.3) is 0 Å². The summed E-state index contributed by atoms with van der Waals surface area (Å²) in [5.41, 5.74) is 0. The van der Waals surface area contributed by atoms with E-state index in [-0.39, 0.29) is 42.4 Å². The molecule has 1 unspecified atom stereocenters. The van der Waals surface area contributed by atoms with Crippen LogP contribution in [0.5, 0.6) is 0 Å². The van der Waals surface area contributed by atoms with Gasteiger partial charge in [-0.05, 0) is 26.2 Å². The lowest BCUT2D eigenvalue weighted by atomic mass is 10.0. The fraction of sp³-hybridized carbons (Fsp3) is 0.867. The van der Waals surface area contributed by atoms with Gasteiger partial charge in [0.1, 0.15) is 6.04 Å². The fourth-order valence-electron chi connectivity index (χ4n) is 3.03. The second kappa shape index (κ2) is 9.33. The van der Waals surface area contributed by atoms with Crippen molar-refractivity contribution in [1.29, 1.82) is 0 Å².